The second kappa shape index (κ2) is 7.44. The molecule has 0 bridgehead atoms. The number of benzene rings is 2. The monoisotopic (exact) mass is 352 g/mol. The van der Waals surface area contributed by atoms with E-state index in [0.29, 0.717) is 34.6 Å². The standard InChI is InChI=1S/C21H20O5/c1-4-17-13(2)18-10-9-16(11-20(18)26-21(17)23)25-12-19(22)14-5-7-15(24-3)8-6-14/h5-11H,4,12H2,1-3H3. The Hall–Kier alpha value is -3.08. The number of rotatable bonds is 6. The summed E-state index contributed by atoms with van der Waals surface area (Å²) in [5.41, 5.74) is 2.27. The summed E-state index contributed by atoms with van der Waals surface area (Å²) in [6.45, 7) is 3.73. The molecule has 0 saturated carbocycles. The quantitative estimate of drug-likeness (QED) is 0.497. The fourth-order valence-corrected chi connectivity index (χ4v) is 2.88. The molecule has 1 heterocycles. The molecule has 0 amide bonds. The minimum absolute atomic E-state index is 0.103. The van der Waals surface area contributed by atoms with Gasteiger partial charge in [-0.2, -0.15) is 0 Å². The number of aryl methyl sites for hydroxylation is 1. The van der Waals surface area contributed by atoms with E-state index in [1.807, 2.05) is 19.9 Å². The van der Waals surface area contributed by atoms with Crippen LogP contribution in [0.15, 0.2) is 51.7 Å². The van der Waals surface area contributed by atoms with Gasteiger partial charge in [0.1, 0.15) is 17.1 Å². The number of carbonyl (C=O) groups excluding carboxylic acids is 1. The molecule has 0 atom stereocenters. The van der Waals surface area contributed by atoms with Crippen LogP contribution in [0.5, 0.6) is 11.5 Å². The number of ketones is 1. The Kier molecular flexibility index (Phi) is 5.07. The number of carbonyl (C=O) groups is 1. The summed E-state index contributed by atoms with van der Waals surface area (Å²) in [6.07, 6.45) is 0.624. The van der Waals surface area contributed by atoms with Crippen LogP contribution in [0.3, 0.4) is 0 Å². The molecule has 0 aliphatic heterocycles. The molecule has 26 heavy (non-hydrogen) atoms. The van der Waals surface area contributed by atoms with Crippen molar-refractivity contribution in [2.24, 2.45) is 0 Å². The van der Waals surface area contributed by atoms with Gasteiger partial charge in [-0.05, 0) is 55.3 Å². The van der Waals surface area contributed by atoms with Crippen LogP contribution in [0.4, 0.5) is 0 Å². The number of fused-ring (bicyclic) bond motifs is 1. The minimum atomic E-state index is -0.330. The molecule has 0 saturated heterocycles. The molecule has 3 aromatic rings. The van der Waals surface area contributed by atoms with Gasteiger partial charge in [-0.3, -0.25) is 4.79 Å². The Labute approximate surface area is 151 Å². The first-order chi connectivity index (χ1) is 12.5. The normalized spacial score (nSPS) is 10.7. The highest BCUT2D eigenvalue weighted by atomic mass is 16.5. The minimum Gasteiger partial charge on any atom is -0.497 e. The maximum Gasteiger partial charge on any atom is 0.339 e. The number of hydrogen-bond acceptors (Lipinski definition) is 5. The zero-order valence-electron chi connectivity index (χ0n) is 15.0. The molecule has 0 aliphatic carbocycles. The van der Waals surface area contributed by atoms with Gasteiger partial charge in [-0.25, -0.2) is 4.79 Å². The molecule has 0 aliphatic rings. The highest BCUT2D eigenvalue weighted by Gasteiger charge is 2.12. The molecule has 2 aromatic carbocycles. The number of hydrogen-bond donors (Lipinski definition) is 0. The molecule has 134 valence electrons. The lowest BCUT2D eigenvalue weighted by Gasteiger charge is -2.09. The average Bonchev–Trinajstić information content (AvgIpc) is 2.66. The highest BCUT2D eigenvalue weighted by molar-refractivity contribution is 5.97. The van der Waals surface area contributed by atoms with E-state index in [2.05, 4.69) is 0 Å². The largest absolute Gasteiger partial charge is 0.497 e. The van der Waals surface area contributed by atoms with E-state index >= 15 is 0 Å². The first-order valence-corrected chi connectivity index (χ1v) is 8.40. The van der Waals surface area contributed by atoms with E-state index < -0.39 is 0 Å². The Bertz CT molecular complexity index is 999. The summed E-state index contributed by atoms with van der Waals surface area (Å²) >= 11 is 0. The van der Waals surface area contributed by atoms with Crippen LogP contribution in [0.2, 0.25) is 0 Å². The first kappa shape index (κ1) is 17.7. The number of methoxy groups -OCH3 is 1. The highest BCUT2D eigenvalue weighted by Crippen LogP contribution is 2.24. The lowest BCUT2D eigenvalue weighted by molar-refractivity contribution is 0.0921. The average molecular weight is 352 g/mol. The van der Waals surface area contributed by atoms with Crippen molar-refractivity contribution in [1.82, 2.24) is 0 Å². The second-order valence-corrected chi connectivity index (χ2v) is 5.94. The van der Waals surface area contributed by atoms with E-state index in [1.54, 1.807) is 43.5 Å². The van der Waals surface area contributed by atoms with Crippen molar-refractivity contribution < 1.29 is 18.7 Å². The van der Waals surface area contributed by atoms with Crippen molar-refractivity contribution in [3.8, 4) is 11.5 Å². The van der Waals surface area contributed by atoms with Gasteiger partial charge in [-0.15, -0.1) is 0 Å². The summed E-state index contributed by atoms with van der Waals surface area (Å²) < 4.78 is 16.0. The summed E-state index contributed by atoms with van der Waals surface area (Å²) in [6, 6.07) is 12.1. The molecule has 0 unspecified atom stereocenters. The summed E-state index contributed by atoms with van der Waals surface area (Å²) in [5, 5.41) is 0.871. The van der Waals surface area contributed by atoms with E-state index in [4.69, 9.17) is 13.9 Å². The fraction of sp³-hybridized carbons (Fsp3) is 0.238. The zero-order chi connectivity index (χ0) is 18.7. The van der Waals surface area contributed by atoms with Gasteiger partial charge in [0, 0.05) is 22.6 Å². The predicted octanol–water partition coefficient (Wildman–Crippen LogP) is 3.93. The molecule has 5 nitrogen and oxygen atoms in total. The number of Topliss-reactive ketones (excluding diaryl/α,β-unsaturated/α-hetero) is 1. The number of ether oxygens (including phenoxy) is 2. The van der Waals surface area contributed by atoms with Crippen LogP contribution in [0, 0.1) is 6.92 Å². The van der Waals surface area contributed by atoms with Crippen molar-refractivity contribution in [2.45, 2.75) is 20.3 Å². The summed E-state index contributed by atoms with van der Waals surface area (Å²) in [4.78, 5) is 24.3. The molecular weight excluding hydrogens is 332 g/mol. The van der Waals surface area contributed by atoms with Crippen LogP contribution in [-0.2, 0) is 6.42 Å². The molecular formula is C21H20O5. The van der Waals surface area contributed by atoms with Gasteiger partial charge in [0.25, 0.3) is 0 Å². The smallest absolute Gasteiger partial charge is 0.339 e. The van der Waals surface area contributed by atoms with Gasteiger partial charge < -0.3 is 13.9 Å². The zero-order valence-corrected chi connectivity index (χ0v) is 15.0. The van der Waals surface area contributed by atoms with Crippen molar-refractivity contribution >= 4 is 16.8 Å². The van der Waals surface area contributed by atoms with Gasteiger partial charge in [0.2, 0.25) is 0 Å². The SMILES string of the molecule is CCc1c(C)c2ccc(OCC(=O)c3ccc(OC)cc3)cc2oc1=O. The molecule has 3 rings (SSSR count). The molecule has 0 radical (unpaired) electrons. The first-order valence-electron chi connectivity index (χ1n) is 8.40. The fourth-order valence-electron chi connectivity index (χ4n) is 2.88. The Morgan fingerprint density at radius 2 is 1.77 bits per heavy atom. The molecule has 0 fully saturated rings. The summed E-state index contributed by atoms with van der Waals surface area (Å²) in [7, 11) is 1.57. The van der Waals surface area contributed by atoms with Gasteiger partial charge >= 0.3 is 5.63 Å². The van der Waals surface area contributed by atoms with Crippen LogP contribution in [-0.4, -0.2) is 19.5 Å². The Balaban J connectivity index is 1.78. The van der Waals surface area contributed by atoms with Crippen molar-refractivity contribution in [3.63, 3.8) is 0 Å². The van der Waals surface area contributed by atoms with Crippen LogP contribution < -0.4 is 15.1 Å². The lowest BCUT2D eigenvalue weighted by atomic mass is 10.0. The Morgan fingerprint density at radius 3 is 2.42 bits per heavy atom. The van der Waals surface area contributed by atoms with Crippen molar-refractivity contribution in [3.05, 3.63) is 69.6 Å². The van der Waals surface area contributed by atoms with E-state index in [0.717, 1.165) is 10.9 Å². The maximum absolute atomic E-state index is 12.2. The maximum atomic E-state index is 12.2. The molecule has 0 N–H and O–H groups in total. The predicted molar refractivity (Wildman–Crippen MR) is 99.4 cm³/mol. The van der Waals surface area contributed by atoms with E-state index in [1.165, 1.54) is 0 Å². The molecule has 0 spiro atoms. The third kappa shape index (κ3) is 3.47. The third-order valence-electron chi connectivity index (χ3n) is 4.39. The van der Waals surface area contributed by atoms with Gasteiger partial charge in [0.05, 0.1) is 7.11 Å². The van der Waals surface area contributed by atoms with E-state index in [-0.39, 0.29) is 18.0 Å². The second-order valence-electron chi connectivity index (χ2n) is 5.94. The molecule has 1 aromatic heterocycles. The summed E-state index contributed by atoms with van der Waals surface area (Å²) in [5.74, 6) is 1.02. The lowest BCUT2D eigenvalue weighted by Crippen LogP contribution is -2.12. The van der Waals surface area contributed by atoms with E-state index in [9.17, 15) is 9.59 Å². The van der Waals surface area contributed by atoms with Crippen molar-refractivity contribution in [2.75, 3.05) is 13.7 Å². The van der Waals surface area contributed by atoms with Gasteiger partial charge in [-0.1, -0.05) is 6.92 Å². The van der Waals surface area contributed by atoms with Crippen LogP contribution in [0.1, 0.15) is 28.4 Å². The van der Waals surface area contributed by atoms with Crippen LogP contribution in [0.25, 0.3) is 11.0 Å². The molecule has 5 heteroatoms. The third-order valence-corrected chi connectivity index (χ3v) is 4.39. The van der Waals surface area contributed by atoms with Crippen molar-refractivity contribution in [1.29, 1.82) is 0 Å². The Morgan fingerprint density at radius 1 is 1.08 bits per heavy atom. The van der Waals surface area contributed by atoms with Crippen LogP contribution >= 0.6 is 0 Å². The topological polar surface area (TPSA) is 65.7 Å². The van der Waals surface area contributed by atoms with Gasteiger partial charge in [0.15, 0.2) is 12.4 Å².